The van der Waals surface area contributed by atoms with Gasteiger partial charge in [-0.1, -0.05) is 12.1 Å². The van der Waals surface area contributed by atoms with Gasteiger partial charge in [-0.05, 0) is 25.5 Å². The van der Waals surface area contributed by atoms with Crippen molar-refractivity contribution in [2.24, 2.45) is 0 Å². The maximum Gasteiger partial charge on any atom is 0.171 e. The van der Waals surface area contributed by atoms with Gasteiger partial charge in [0.1, 0.15) is 12.2 Å². The molecule has 0 saturated carbocycles. The average molecular weight is 280 g/mol. The molecule has 0 amide bonds. The van der Waals surface area contributed by atoms with Crippen LogP contribution >= 0.6 is 0 Å². The van der Waals surface area contributed by atoms with Gasteiger partial charge in [0.15, 0.2) is 5.72 Å². The second-order valence-corrected chi connectivity index (χ2v) is 5.01. The summed E-state index contributed by atoms with van der Waals surface area (Å²) in [4.78, 5) is 4.33. The van der Waals surface area contributed by atoms with Crippen molar-refractivity contribution in [3.05, 3.63) is 30.1 Å². The lowest BCUT2D eigenvalue weighted by atomic mass is 10.0. The predicted octanol–water partition coefficient (Wildman–Crippen LogP) is 0.378. The highest BCUT2D eigenvalue weighted by Gasteiger charge is 2.40. The van der Waals surface area contributed by atoms with Crippen LogP contribution in [0.3, 0.4) is 0 Å². The van der Waals surface area contributed by atoms with Crippen LogP contribution in [-0.2, 0) is 10.5 Å². The molecule has 0 bridgehead atoms. The van der Waals surface area contributed by atoms with Gasteiger partial charge in [-0.15, -0.1) is 0 Å². The van der Waals surface area contributed by atoms with E-state index in [-0.39, 0.29) is 0 Å². The lowest BCUT2D eigenvalue weighted by Gasteiger charge is -2.36. The zero-order valence-electron chi connectivity index (χ0n) is 11.8. The number of aliphatic hydroxyl groups excluding tert-OH is 3. The zero-order valence-corrected chi connectivity index (χ0v) is 11.8. The van der Waals surface area contributed by atoms with Crippen LogP contribution in [0.2, 0.25) is 0 Å². The predicted molar refractivity (Wildman–Crippen MR) is 74.2 cm³/mol. The molecule has 110 valence electrons. The summed E-state index contributed by atoms with van der Waals surface area (Å²) < 4.78 is 7.08. The maximum absolute atomic E-state index is 10.3. The van der Waals surface area contributed by atoms with Gasteiger partial charge in [0, 0.05) is 7.11 Å². The highest BCUT2D eigenvalue weighted by molar-refractivity contribution is 5.78. The fourth-order valence-electron chi connectivity index (χ4n) is 2.36. The Morgan fingerprint density at radius 1 is 1.40 bits per heavy atom. The Balaban J connectivity index is 2.57. The molecule has 1 aromatic heterocycles. The number of hydrogen-bond acceptors (Lipinski definition) is 5. The van der Waals surface area contributed by atoms with E-state index in [0.29, 0.717) is 0 Å². The van der Waals surface area contributed by atoms with Crippen molar-refractivity contribution in [2.45, 2.75) is 31.8 Å². The van der Waals surface area contributed by atoms with Gasteiger partial charge in [-0.3, -0.25) is 4.57 Å². The Kier molecular flexibility index (Phi) is 4.10. The SMILES string of the molecule is COC(C)([C@@H](O)[C@@H](O)CO)n1cnc2c(C)cccc21. The molecule has 3 N–H and O–H groups in total. The minimum Gasteiger partial charge on any atom is -0.394 e. The first kappa shape index (κ1) is 14.9. The second-order valence-electron chi connectivity index (χ2n) is 5.01. The summed E-state index contributed by atoms with van der Waals surface area (Å²) in [5, 5.41) is 29.0. The Labute approximate surface area is 117 Å². The van der Waals surface area contributed by atoms with E-state index in [1.165, 1.54) is 7.11 Å². The van der Waals surface area contributed by atoms with Crippen molar-refractivity contribution in [3.8, 4) is 0 Å². The number of methoxy groups -OCH3 is 1. The van der Waals surface area contributed by atoms with Crippen molar-refractivity contribution in [2.75, 3.05) is 13.7 Å². The summed E-state index contributed by atoms with van der Waals surface area (Å²) >= 11 is 0. The number of fused-ring (bicyclic) bond motifs is 1. The van der Waals surface area contributed by atoms with E-state index < -0.39 is 24.5 Å². The van der Waals surface area contributed by atoms with Gasteiger partial charge in [-0.25, -0.2) is 4.98 Å². The molecular weight excluding hydrogens is 260 g/mol. The largest absolute Gasteiger partial charge is 0.394 e. The minimum absolute atomic E-state index is 0.550. The summed E-state index contributed by atoms with van der Waals surface area (Å²) in [5.41, 5.74) is 1.38. The number of ether oxygens (including phenoxy) is 1. The van der Waals surface area contributed by atoms with Crippen LogP contribution in [0.25, 0.3) is 11.0 Å². The lowest BCUT2D eigenvalue weighted by molar-refractivity contribution is -0.184. The molecule has 1 aromatic carbocycles. The molecule has 3 atom stereocenters. The number of benzene rings is 1. The summed E-state index contributed by atoms with van der Waals surface area (Å²) in [6.07, 6.45) is -1.04. The topological polar surface area (TPSA) is 87.7 Å². The number of para-hydroxylation sites is 1. The van der Waals surface area contributed by atoms with E-state index >= 15 is 0 Å². The maximum atomic E-state index is 10.3. The molecule has 0 fully saturated rings. The third-order valence-corrected chi connectivity index (χ3v) is 3.77. The van der Waals surface area contributed by atoms with Gasteiger partial charge >= 0.3 is 0 Å². The van der Waals surface area contributed by atoms with E-state index in [4.69, 9.17) is 9.84 Å². The molecule has 6 heteroatoms. The molecule has 6 nitrogen and oxygen atoms in total. The summed E-state index contributed by atoms with van der Waals surface area (Å²) in [7, 11) is 1.44. The van der Waals surface area contributed by atoms with Crippen molar-refractivity contribution < 1.29 is 20.1 Å². The van der Waals surface area contributed by atoms with Crippen LogP contribution in [0.15, 0.2) is 24.5 Å². The van der Waals surface area contributed by atoms with Crippen molar-refractivity contribution in [3.63, 3.8) is 0 Å². The monoisotopic (exact) mass is 280 g/mol. The Hall–Kier alpha value is -1.47. The molecule has 1 heterocycles. The number of imidazole rings is 1. The van der Waals surface area contributed by atoms with E-state index in [0.717, 1.165) is 16.6 Å². The number of hydrogen-bond donors (Lipinski definition) is 3. The first-order chi connectivity index (χ1) is 9.45. The number of rotatable bonds is 5. The van der Waals surface area contributed by atoms with E-state index in [9.17, 15) is 10.2 Å². The smallest absolute Gasteiger partial charge is 0.171 e. The summed E-state index contributed by atoms with van der Waals surface area (Å²) in [5.74, 6) is 0. The second kappa shape index (κ2) is 5.49. The third kappa shape index (κ3) is 2.20. The zero-order chi connectivity index (χ0) is 14.9. The molecule has 0 aliphatic carbocycles. The Bertz CT molecular complexity index is 598. The van der Waals surface area contributed by atoms with Crippen LogP contribution in [0.5, 0.6) is 0 Å². The first-order valence-electron chi connectivity index (χ1n) is 6.41. The standard InChI is InChI=1S/C14H20N2O4/c1-9-5-4-6-10-12(9)15-8-16(10)14(2,20-3)13(19)11(18)7-17/h4-6,8,11,13,17-19H,7H2,1-3H3/t11-,13-,14?/m0/s1. The Morgan fingerprint density at radius 3 is 2.70 bits per heavy atom. The van der Waals surface area contributed by atoms with Gasteiger partial charge < -0.3 is 20.1 Å². The van der Waals surface area contributed by atoms with Crippen molar-refractivity contribution >= 4 is 11.0 Å². The minimum atomic E-state index is -1.30. The molecule has 0 saturated heterocycles. The van der Waals surface area contributed by atoms with E-state index in [2.05, 4.69) is 4.98 Å². The van der Waals surface area contributed by atoms with Crippen LogP contribution in [-0.4, -0.2) is 50.8 Å². The van der Waals surface area contributed by atoms with Crippen LogP contribution in [0.4, 0.5) is 0 Å². The average Bonchev–Trinajstić information content (AvgIpc) is 2.90. The van der Waals surface area contributed by atoms with E-state index in [1.54, 1.807) is 17.8 Å². The van der Waals surface area contributed by atoms with Crippen LogP contribution < -0.4 is 0 Å². The highest BCUT2D eigenvalue weighted by atomic mass is 16.5. The fraction of sp³-hybridized carbons (Fsp3) is 0.500. The fourth-order valence-corrected chi connectivity index (χ4v) is 2.36. The van der Waals surface area contributed by atoms with Crippen LogP contribution in [0, 0.1) is 6.92 Å². The highest BCUT2D eigenvalue weighted by Crippen LogP contribution is 2.29. The molecular formula is C14H20N2O4. The van der Waals surface area contributed by atoms with Gasteiger partial charge in [0.2, 0.25) is 0 Å². The summed E-state index contributed by atoms with van der Waals surface area (Å²) in [6.45, 7) is 3.04. The number of aromatic nitrogens is 2. The number of aryl methyl sites for hydroxylation is 1. The Morgan fingerprint density at radius 2 is 2.10 bits per heavy atom. The first-order valence-corrected chi connectivity index (χ1v) is 6.41. The molecule has 0 spiro atoms. The molecule has 2 aromatic rings. The normalized spacial score (nSPS) is 17.9. The number of aliphatic hydroxyl groups is 3. The molecule has 0 radical (unpaired) electrons. The quantitative estimate of drug-likeness (QED) is 0.737. The molecule has 20 heavy (non-hydrogen) atoms. The third-order valence-electron chi connectivity index (χ3n) is 3.77. The van der Waals surface area contributed by atoms with Gasteiger partial charge in [0.05, 0.1) is 24.0 Å². The molecule has 0 aliphatic rings. The van der Waals surface area contributed by atoms with Gasteiger partial charge in [-0.2, -0.15) is 0 Å². The number of nitrogens with zero attached hydrogens (tertiary/aromatic N) is 2. The molecule has 0 aliphatic heterocycles. The van der Waals surface area contributed by atoms with Crippen molar-refractivity contribution in [1.29, 1.82) is 0 Å². The molecule has 1 unspecified atom stereocenters. The summed E-state index contributed by atoms with van der Waals surface area (Å²) in [6, 6.07) is 5.70. The van der Waals surface area contributed by atoms with E-state index in [1.807, 2.05) is 25.1 Å². The van der Waals surface area contributed by atoms with Crippen LogP contribution in [0.1, 0.15) is 12.5 Å². The van der Waals surface area contributed by atoms with Gasteiger partial charge in [0.25, 0.3) is 0 Å². The van der Waals surface area contributed by atoms with Crippen molar-refractivity contribution in [1.82, 2.24) is 9.55 Å². The molecule has 2 rings (SSSR count). The lowest BCUT2D eigenvalue weighted by Crippen LogP contribution is -2.51.